The van der Waals surface area contributed by atoms with Crippen molar-refractivity contribution in [2.75, 3.05) is 5.75 Å². The summed E-state index contributed by atoms with van der Waals surface area (Å²) in [6.07, 6.45) is 0. The highest BCUT2D eigenvalue weighted by atomic mass is 32.2. The van der Waals surface area contributed by atoms with Crippen molar-refractivity contribution in [1.82, 2.24) is 0 Å². The molecule has 0 aliphatic rings. The van der Waals surface area contributed by atoms with E-state index in [0.717, 1.165) is 16.7 Å². The molecule has 0 aromatic heterocycles. The predicted molar refractivity (Wildman–Crippen MR) is 120 cm³/mol. The van der Waals surface area contributed by atoms with E-state index in [1.165, 1.54) is 5.56 Å². The van der Waals surface area contributed by atoms with Crippen molar-refractivity contribution < 1.29 is 8.42 Å². The molecule has 0 amide bonds. The molecule has 29 heavy (non-hydrogen) atoms. The van der Waals surface area contributed by atoms with Gasteiger partial charge < -0.3 is 0 Å². The molecule has 3 rings (SSSR count). The summed E-state index contributed by atoms with van der Waals surface area (Å²) in [7, 11) is -3.38. The van der Waals surface area contributed by atoms with E-state index in [1.54, 1.807) is 30.3 Å². The molecule has 0 saturated carbocycles. The van der Waals surface area contributed by atoms with Gasteiger partial charge in [0.1, 0.15) is 5.75 Å². The van der Waals surface area contributed by atoms with Crippen LogP contribution in [0.3, 0.4) is 0 Å². The maximum Gasteiger partial charge on any atom is 0.189 e. The number of rotatable bonds is 2. The third-order valence-corrected chi connectivity index (χ3v) is 5.40. The van der Waals surface area contributed by atoms with Crippen LogP contribution < -0.4 is 0 Å². The van der Waals surface area contributed by atoms with Crippen molar-refractivity contribution in [3.05, 3.63) is 101 Å². The maximum atomic E-state index is 12.2. The molecule has 0 bridgehead atoms. The van der Waals surface area contributed by atoms with E-state index in [4.69, 9.17) is 0 Å². The van der Waals surface area contributed by atoms with E-state index in [1.807, 2.05) is 69.3 Å². The number of sulfone groups is 1. The Labute approximate surface area is 174 Å². The molecule has 3 aromatic carbocycles. The fraction of sp³-hybridized carbons (Fsp3) is 0.154. The average molecular weight is 401 g/mol. The molecule has 0 N–H and O–H groups in total. The Bertz CT molecular complexity index is 1140. The minimum absolute atomic E-state index is 0.202. The minimum atomic E-state index is -3.38. The molecule has 2 nitrogen and oxygen atoms in total. The molecule has 3 heteroatoms. The highest BCUT2D eigenvalue weighted by molar-refractivity contribution is 7.91. The largest absolute Gasteiger partial charge is 0.223 e. The smallest absolute Gasteiger partial charge is 0.189 e. The number of hydrogen-bond acceptors (Lipinski definition) is 2. The van der Waals surface area contributed by atoms with Gasteiger partial charge in [-0.05, 0) is 55.5 Å². The second-order valence-electron chi connectivity index (χ2n) is 6.07. The summed E-state index contributed by atoms with van der Waals surface area (Å²) in [5.41, 5.74) is 3.82. The minimum Gasteiger partial charge on any atom is -0.223 e. The molecule has 0 aliphatic heterocycles. The molecule has 0 radical (unpaired) electrons. The Morgan fingerprint density at radius 3 is 1.62 bits per heavy atom. The normalized spacial score (nSPS) is 9.76. The van der Waals surface area contributed by atoms with Crippen LogP contribution in [0.4, 0.5) is 0 Å². The molecule has 0 aliphatic carbocycles. The zero-order valence-electron chi connectivity index (χ0n) is 16.9. The van der Waals surface area contributed by atoms with Gasteiger partial charge in [0.15, 0.2) is 9.84 Å². The van der Waals surface area contributed by atoms with Crippen molar-refractivity contribution in [3.63, 3.8) is 0 Å². The van der Waals surface area contributed by atoms with Crippen LogP contribution >= 0.6 is 0 Å². The van der Waals surface area contributed by atoms with Crippen molar-refractivity contribution in [3.8, 4) is 23.7 Å². The van der Waals surface area contributed by atoms with E-state index in [-0.39, 0.29) is 5.75 Å². The lowest BCUT2D eigenvalue weighted by atomic mass is 10.1. The van der Waals surface area contributed by atoms with Gasteiger partial charge in [0, 0.05) is 16.7 Å². The van der Waals surface area contributed by atoms with Crippen LogP contribution in [0.1, 0.15) is 36.1 Å². The molecule has 0 unspecified atom stereocenters. The topological polar surface area (TPSA) is 34.1 Å². The van der Waals surface area contributed by atoms with Gasteiger partial charge in [0.2, 0.25) is 0 Å². The predicted octanol–water partition coefficient (Wildman–Crippen LogP) is 5.25. The molecule has 0 spiro atoms. The monoisotopic (exact) mass is 400 g/mol. The third-order valence-electron chi connectivity index (χ3n) is 3.88. The maximum absolute atomic E-state index is 12.2. The summed E-state index contributed by atoms with van der Waals surface area (Å²) in [6, 6.07) is 23.9. The first-order valence-electron chi connectivity index (χ1n) is 9.48. The van der Waals surface area contributed by atoms with Gasteiger partial charge in [-0.15, -0.1) is 0 Å². The summed E-state index contributed by atoms with van der Waals surface area (Å²) in [5, 5.41) is 0. The zero-order valence-corrected chi connectivity index (χ0v) is 17.8. The van der Waals surface area contributed by atoms with Crippen LogP contribution in [-0.4, -0.2) is 14.2 Å². The molecular formula is C26H24O2S. The SMILES string of the molecule is CC.Cc1ccc(C#Cc2ccc(C#CCS(=O)(=O)c3ccccc3)cc2)cc1. The van der Waals surface area contributed by atoms with Gasteiger partial charge in [-0.3, -0.25) is 0 Å². The average Bonchev–Trinajstić information content (AvgIpc) is 2.76. The quantitative estimate of drug-likeness (QED) is 0.551. The van der Waals surface area contributed by atoms with Crippen LogP contribution in [0.5, 0.6) is 0 Å². The van der Waals surface area contributed by atoms with E-state index in [0.29, 0.717) is 4.90 Å². The lowest BCUT2D eigenvalue weighted by Crippen LogP contribution is -2.04. The molecule has 0 atom stereocenters. The Kier molecular flexibility index (Phi) is 8.28. The van der Waals surface area contributed by atoms with Crippen LogP contribution in [-0.2, 0) is 9.84 Å². The fourth-order valence-electron chi connectivity index (χ4n) is 2.36. The van der Waals surface area contributed by atoms with Gasteiger partial charge in [0.25, 0.3) is 0 Å². The van der Waals surface area contributed by atoms with E-state index < -0.39 is 9.84 Å². The molecule has 3 aromatic rings. The zero-order chi connectivity index (χ0) is 21.1. The first kappa shape index (κ1) is 22.0. The van der Waals surface area contributed by atoms with Gasteiger partial charge in [-0.25, -0.2) is 8.42 Å². The third kappa shape index (κ3) is 7.00. The molecule has 146 valence electrons. The number of aryl methyl sites for hydroxylation is 1. The van der Waals surface area contributed by atoms with Crippen molar-refractivity contribution >= 4 is 9.84 Å². The lowest BCUT2D eigenvalue weighted by Gasteiger charge is -1.98. The van der Waals surface area contributed by atoms with Gasteiger partial charge in [-0.2, -0.15) is 0 Å². The standard InChI is InChI=1S/C24H18O2S.C2H6/c1-20-9-11-22(12-10-20)17-18-23-15-13-21(14-16-23)6-5-19-27(25,26)24-7-3-2-4-8-24;1-2/h2-4,7-16H,19H2,1H3;1-2H3. The Hall–Kier alpha value is -3.27. The van der Waals surface area contributed by atoms with Crippen LogP contribution in [0.2, 0.25) is 0 Å². The van der Waals surface area contributed by atoms with E-state index >= 15 is 0 Å². The van der Waals surface area contributed by atoms with Crippen LogP contribution in [0.25, 0.3) is 0 Å². The summed E-state index contributed by atoms with van der Waals surface area (Å²) in [5.74, 6) is 11.7. The first-order valence-corrected chi connectivity index (χ1v) is 11.1. The lowest BCUT2D eigenvalue weighted by molar-refractivity contribution is 0.599. The van der Waals surface area contributed by atoms with E-state index in [9.17, 15) is 8.42 Å². The van der Waals surface area contributed by atoms with Gasteiger partial charge >= 0.3 is 0 Å². The van der Waals surface area contributed by atoms with E-state index in [2.05, 4.69) is 23.7 Å². The van der Waals surface area contributed by atoms with Gasteiger partial charge in [0.05, 0.1) is 4.90 Å². The fourth-order valence-corrected chi connectivity index (χ4v) is 3.36. The number of benzene rings is 3. The molecular weight excluding hydrogens is 376 g/mol. The van der Waals surface area contributed by atoms with Crippen molar-refractivity contribution in [2.24, 2.45) is 0 Å². The first-order chi connectivity index (χ1) is 14.0. The highest BCUT2D eigenvalue weighted by Gasteiger charge is 2.11. The summed E-state index contributed by atoms with van der Waals surface area (Å²) in [6.45, 7) is 6.04. The number of hydrogen-bond donors (Lipinski definition) is 0. The second kappa shape index (κ2) is 10.9. The van der Waals surface area contributed by atoms with Crippen LogP contribution in [0, 0.1) is 30.6 Å². The summed E-state index contributed by atoms with van der Waals surface area (Å²) in [4.78, 5) is 0.293. The Balaban J connectivity index is 0.00000145. The molecule has 0 saturated heterocycles. The molecule has 0 fully saturated rings. The Morgan fingerprint density at radius 2 is 1.10 bits per heavy atom. The van der Waals surface area contributed by atoms with Crippen molar-refractivity contribution in [2.45, 2.75) is 25.7 Å². The van der Waals surface area contributed by atoms with Crippen molar-refractivity contribution in [1.29, 1.82) is 0 Å². The summed E-state index contributed by atoms with van der Waals surface area (Å²) >= 11 is 0. The Morgan fingerprint density at radius 1 is 0.655 bits per heavy atom. The summed E-state index contributed by atoms with van der Waals surface area (Å²) < 4.78 is 24.4. The molecule has 0 heterocycles. The van der Waals surface area contributed by atoms with Gasteiger partial charge in [-0.1, -0.05) is 73.4 Å². The highest BCUT2D eigenvalue weighted by Crippen LogP contribution is 2.09. The second-order valence-corrected chi connectivity index (χ2v) is 8.06. The van der Waals surface area contributed by atoms with Crippen LogP contribution in [0.15, 0.2) is 83.8 Å².